The molecule has 0 aromatic heterocycles. The van der Waals surface area contributed by atoms with Crippen LogP contribution in [0.2, 0.25) is 0 Å². The fourth-order valence-corrected chi connectivity index (χ4v) is 4.20. The monoisotopic (exact) mass is 232 g/mol. The third kappa shape index (κ3) is 2.92. The van der Waals surface area contributed by atoms with Gasteiger partial charge in [-0.3, -0.25) is 0 Å². The molecule has 2 aliphatic heterocycles. The van der Waals surface area contributed by atoms with E-state index in [0.717, 1.165) is 13.0 Å². The lowest BCUT2D eigenvalue weighted by Crippen LogP contribution is -2.40. The van der Waals surface area contributed by atoms with E-state index in [2.05, 4.69) is 17.3 Å². The molecule has 2 fully saturated rings. The van der Waals surface area contributed by atoms with Gasteiger partial charge in [0, 0.05) is 18.6 Å². The number of rotatable bonds is 3. The van der Waals surface area contributed by atoms with Crippen LogP contribution in [0.4, 0.5) is 0 Å². The summed E-state index contributed by atoms with van der Waals surface area (Å²) in [6.07, 6.45) is 3.30. The predicted octanol–water partition coefficient (Wildman–Crippen LogP) is -0.143. The molecule has 5 heteroatoms. The average Bonchev–Trinajstić information content (AvgIpc) is 2.69. The number of hydrogen-bond acceptors (Lipinski definition) is 4. The van der Waals surface area contributed by atoms with Crippen LogP contribution in [-0.2, 0) is 9.84 Å². The Balaban J connectivity index is 1.75. The number of sulfone groups is 1. The van der Waals surface area contributed by atoms with Crippen LogP contribution in [0.1, 0.15) is 19.3 Å². The lowest BCUT2D eigenvalue weighted by Gasteiger charge is -2.21. The second-order valence-electron chi connectivity index (χ2n) is 4.78. The molecule has 88 valence electrons. The van der Waals surface area contributed by atoms with E-state index in [1.165, 1.54) is 19.4 Å². The van der Waals surface area contributed by atoms with E-state index in [-0.39, 0.29) is 6.04 Å². The summed E-state index contributed by atoms with van der Waals surface area (Å²) in [4.78, 5) is 2.36. The van der Waals surface area contributed by atoms with Gasteiger partial charge in [-0.1, -0.05) is 0 Å². The van der Waals surface area contributed by atoms with Crippen LogP contribution in [0, 0.1) is 0 Å². The van der Waals surface area contributed by atoms with E-state index in [4.69, 9.17) is 0 Å². The van der Waals surface area contributed by atoms with Crippen molar-refractivity contribution in [2.75, 3.05) is 31.6 Å². The molecule has 2 aliphatic rings. The molecule has 1 N–H and O–H groups in total. The molecule has 0 saturated carbocycles. The quantitative estimate of drug-likeness (QED) is 0.736. The van der Waals surface area contributed by atoms with E-state index in [1.807, 2.05) is 0 Å². The smallest absolute Gasteiger partial charge is 0.151 e. The summed E-state index contributed by atoms with van der Waals surface area (Å²) in [5, 5.41) is 3.39. The lowest BCUT2D eigenvalue weighted by atomic mass is 10.2. The third-order valence-corrected chi connectivity index (χ3v) is 5.31. The normalized spacial score (nSPS) is 36.1. The molecule has 0 aromatic carbocycles. The van der Waals surface area contributed by atoms with Crippen LogP contribution in [0.5, 0.6) is 0 Å². The minimum atomic E-state index is -2.73. The topological polar surface area (TPSA) is 49.4 Å². The van der Waals surface area contributed by atoms with Crippen molar-refractivity contribution >= 4 is 9.84 Å². The van der Waals surface area contributed by atoms with Crippen molar-refractivity contribution < 1.29 is 8.42 Å². The van der Waals surface area contributed by atoms with Crippen LogP contribution >= 0.6 is 0 Å². The van der Waals surface area contributed by atoms with Crippen LogP contribution in [0.3, 0.4) is 0 Å². The van der Waals surface area contributed by atoms with E-state index in [1.54, 1.807) is 0 Å². The zero-order valence-electron chi connectivity index (χ0n) is 9.28. The molecule has 2 atom stereocenters. The van der Waals surface area contributed by atoms with Gasteiger partial charge in [-0.15, -0.1) is 0 Å². The van der Waals surface area contributed by atoms with Crippen LogP contribution < -0.4 is 5.32 Å². The summed E-state index contributed by atoms with van der Waals surface area (Å²) in [7, 11) is -0.587. The molecule has 2 saturated heterocycles. The zero-order chi connectivity index (χ0) is 10.9. The minimum Gasteiger partial charge on any atom is -0.311 e. The second-order valence-corrected chi connectivity index (χ2v) is 7.01. The standard InChI is InChI=1S/C10H20N2O2S/c1-12-5-2-3-10(12)7-11-9-4-6-15(13,14)8-9/h9-11H,2-8H2,1H3. The highest BCUT2D eigenvalue weighted by molar-refractivity contribution is 7.91. The molecule has 0 amide bonds. The highest BCUT2D eigenvalue weighted by Crippen LogP contribution is 2.15. The number of likely N-dealkylation sites (N-methyl/N-ethyl adjacent to an activating group) is 1. The van der Waals surface area contributed by atoms with Gasteiger partial charge < -0.3 is 10.2 Å². The van der Waals surface area contributed by atoms with E-state index >= 15 is 0 Å². The Morgan fingerprint density at radius 3 is 2.73 bits per heavy atom. The van der Waals surface area contributed by atoms with Crippen LogP contribution in [-0.4, -0.2) is 57.0 Å². The van der Waals surface area contributed by atoms with Gasteiger partial charge >= 0.3 is 0 Å². The predicted molar refractivity (Wildman–Crippen MR) is 60.7 cm³/mol. The van der Waals surface area contributed by atoms with Gasteiger partial charge in [-0.2, -0.15) is 0 Å². The van der Waals surface area contributed by atoms with Crippen molar-refractivity contribution in [2.24, 2.45) is 0 Å². The first kappa shape index (κ1) is 11.4. The Bertz CT molecular complexity index is 315. The number of hydrogen-bond donors (Lipinski definition) is 1. The van der Waals surface area contributed by atoms with Gasteiger partial charge in [0.15, 0.2) is 9.84 Å². The van der Waals surface area contributed by atoms with E-state index in [9.17, 15) is 8.42 Å². The van der Waals surface area contributed by atoms with E-state index < -0.39 is 9.84 Å². The second kappa shape index (κ2) is 4.39. The number of nitrogens with one attached hydrogen (secondary N) is 1. The minimum absolute atomic E-state index is 0.198. The summed E-state index contributed by atoms with van der Waals surface area (Å²) in [5.41, 5.74) is 0. The third-order valence-electron chi connectivity index (χ3n) is 3.55. The highest BCUT2D eigenvalue weighted by atomic mass is 32.2. The van der Waals surface area contributed by atoms with Gasteiger partial charge in [-0.05, 0) is 32.9 Å². The van der Waals surface area contributed by atoms with Crippen LogP contribution in [0.15, 0.2) is 0 Å². The SMILES string of the molecule is CN1CCCC1CNC1CCS(=O)(=O)C1. The molecular weight excluding hydrogens is 212 g/mol. The van der Waals surface area contributed by atoms with Gasteiger partial charge in [0.25, 0.3) is 0 Å². The van der Waals surface area contributed by atoms with Crippen molar-refractivity contribution in [3.05, 3.63) is 0 Å². The maximum Gasteiger partial charge on any atom is 0.151 e. The molecule has 0 radical (unpaired) electrons. The highest BCUT2D eigenvalue weighted by Gasteiger charge is 2.29. The Hall–Kier alpha value is -0.130. The molecule has 0 aromatic rings. The molecular formula is C10H20N2O2S. The maximum absolute atomic E-state index is 11.3. The Morgan fingerprint density at radius 1 is 1.40 bits per heavy atom. The molecule has 2 rings (SSSR count). The lowest BCUT2D eigenvalue weighted by molar-refractivity contribution is 0.293. The van der Waals surface area contributed by atoms with Crippen molar-refractivity contribution in [3.63, 3.8) is 0 Å². The largest absolute Gasteiger partial charge is 0.311 e. The average molecular weight is 232 g/mol. The summed E-state index contributed by atoms with van der Waals surface area (Å²) in [5.74, 6) is 0.703. The Kier molecular flexibility index (Phi) is 3.33. The molecule has 2 unspecified atom stereocenters. The van der Waals surface area contributed by atoms with Crippen molar-refractivity contribution in [1.82, 2.24) is 10.2 Å². The van der Waals surface area contributed by atoms with Gasteiger partial charge in [0.2, 0.25) is 0 Å². The zero-order valence-corrected chi connectivity index (χ0v) is 10.1. The van der Waals surface area contributed by atoms with Crippen molar-refractivity contribution in [1.29, 1.82) is 0 Å². The number of likely N-dealkylation sites (tertiary alicyclic amines) is 1. The Morgan fingerprint density at radius 2 is 2.20 bits per heavy atom. The molecule has 4 nitrogen and oxygen atoms in total. The summed E-state index contributed by atoms with van der Waals surface area (Å²) >= 11 is 0. The van der Waals surface area contributed by atoms with Crippen molar-refractivity contribution in [2.45, 2.75) is 31.3 Å². The summed E-state index contributed by atoms with van der Waals surface area (Å²) in [6.45, 7) is 2.12. The van der Waals surface area contributed by atoms with Crippen molar-refractivity contribution in [3.8, 4) is 0 Å². The van der Waals surface area contributed by atoms with E-state index in [0.29, 0.717) is 17.5 Å². The molecule has 0 aliphatic carbocycles. The first-order chi connectivity index (χ1) is 7.07. The first-order valence-electron chi connectivity index (χ1n) is 5.71. The molecule has 15 heavy (non-hydrogen) atoms. The molecule has 0 bridgehead atoms. The summed E-state index contributed by atoms with van der Waals surface area (Å²) < 4.78 is 22.5. The molecule has 0 spiro atoms. The number of nitrogens with zero attached hydrogens (tertiary/aromatic N) is 1. The summed E-state index contributed by atoms with van der Waals surface area (Å²) in [6, 6.07) is 0.803. The fourth-order valence-electron chi connectivity index (χ4n) is 2.50. The van der Waals surface area contributed by atoms with Gasteiger partial charge in [0.05, 0.1) is 11.5 Å². The maximum atomic E-state index is 11.3. The fraction of sp³-hybridized carbons (Fsp3) is 1.00. The van der Waals surface area contributed by atoms with Gasteiger partial charge in [0.1, 0.15) is 0 Å². The first-order valence-corrected chi connectivity index (χ1v) is 7.53. The molecule has 2 heterocycles. The Labute approximate surface area is 91.9 Å². The van der Waals surface area contributed by atoms with Gasteiger partial charge in [-0.25, -0.2) is 8.42 Å². The van der Waals surface area contributed by atoms with Crippen LogP contribution in [0.25, 0.3) is 0 Å².